The van der Waals surface area contributed by atoms with Crippen molar-refractivity contribution >= 4 is 38.4 Å². The van der Waals surface area contributed by atoms with Gasteiger partial charge in [0.25, 0.3) is 15.7 Å². The molecule has 3 rings (SSSR count). The summed E-state index contributed by atoms with van der Waals surface area (Å²) in [6.07, 6.45) is 0. The van der Waals surface area contributed by atoms with Crippen LogP contribution in [0.2, 0.25) is 0 Å². The zero-order valence-electron chi connectivity index (χ0n) is 14.4. The number of rotatable bonds is 7. The minimum atomic E-state index is -3.93. The minimum absolute atomic E-state index is 0.161. The van der Waals surface area contributed by atoms with Crippen LogP contribution in [0.1, 0.15) is 4.88 Å². The van der Waals surface area contributed by atoms with Gasteiger partial charge in [-0.25, -0.2) is 8.42 Å². The van der Waals surface area contributed by atoms with Crippen LogP contribution < -0.4 is 9.62 Å². The summed E-state index contributed by atoms with van der Waals surface area (Å²) in [6, 6.07) is 16.1. The van der Waals surface area contributed by atoms with Crippen molar-refractivity contribution in [1.82, 2.24) is 0 Å². The van der Waals surface area contributed by atoms with Crippen LogP contribution in [0.5, 0.6) is 0 Å². The van der Waals surface area contributed by atoms with Crippen LogP contribution in [0.4, 0.5) is 17.1 Å². The van der Waals surface area contributed by atoms with E-state index in [1.54, 1.807) is 53.6 Å². The molecule has 140 valence electrons. The Labute approximate surface area is 161 Å². The molecule has 0 aliphatic heterocycles. The molecule has 1 N–H and O–H groups in total. The topological polar surface area (TPSA) is 92.6 Å². The minimum Gasteiger partial charge on any atom is -0.364 e. The van der Waals surface area contributed by atoms with Gasteiger partial charge in [0, 0.05) is 23.7 Å². The lowest BCUT2D eigenvalue weighted by Gasteiger charge is -2.19. The lowest BCUT2D eigenvalue weighted by molar-refractivity contribution is -0.384. The molecule has 7 nitrogen and oxygen atoms in total. The van der Waals surface area contributed by atoms with Gasteiger partial charge < -0.3 is 4.90 Å². The van der Waals surface area contributed by atoms with E-state index in [2.05, 4.69) is 4.72 Å². The first-order chi connectivity index (χ1) is 12.9. The maximum absolute atomic E-state index is 12.6. The van der Waals surface area contributed by atoms with Crippen molar-refractivity contribution in [2.24, 2.45) is 0 Å². The van der Waals surface area contributed by atoms with E-state index in [-0.39, 0.29) is 10.6 Å². The van der Waals surface area contributed by atoms with E-state index in [0.29, 0.717) is 17.9 Å². The molecule has 0 saturated heterocycles. The molecular formula is C18H17N3O4S2. The number of para-hydroxylation sites is 1. The standard InChI is InChI=1S/C18H17N3O4S2/c1-20(13-15-8-5-11-26-15)17-10-9-16(12-18(17)21(22)23)27(24,25)19-14-6-3-2-4-7-14/h2-12,19H,13H2,1H3. The second-order valence-corrected chi connectivity index (χ2v) is 8.53. The second-order valence-electron chi connectivity index (χ2n) is 5.81. The third kappa shape index (κ3) is 4.44. The molecule has 0 fully saturated rings. The molecule has 0 spiro atoms. The Hall–Kier alpha value is -2.91. The molecule has 9 heteroatoms. The van der Waals surface area contributed by atoms with E-state index in [0.717, 1.165) is 10.9 Å². The summed E-state index contributed by atoms with van der Waals surface area (Å²) in [6.45, 7) is 0.493. The highest BCUT2D eigenvalue weighted by Crippen LogP contribution is 2.32. The molecule has 0 amide bonds. The molecule has 0 aliphatic rings. The molecular weight excluding hydrogens is 386 g/mol. The number of nitro benzene ring substituents is 1. The fourth-order valence-corrected chi connectivity index (χ4v) is 4.42. The Morgan fingerprint density at radius 3 is 2.48 bits per heavy atom. The van der Waals surface area contributed by atoms with Gasteiger partial charge in [0.2, 0.25) is 0 Å². The van der Waals surface area contributed by atoms with Crippen molar-refractivity contribution in [1.29, 1.82) is 0 Å². The highest BCUT2D eigenvalue weighted by atomic mass is 32.2. The van der Waals surface area contributed by atoms with Crippen molar-refractivity contribution < 1.29 is 13.3 Å². The van der Waals surface area contributed by atoms with Crippen LogP contribution in [-0.2, 0) is 16.6 Å². The normalized spacial score (nSPS) is 11.1. The third-order valence-electron chi connectivity index (χ3n) is 3.86. The maximum atomic E-state index is 12.6. The Morgan fingerprint density at radius 2 is 1.85 bits per heavy atom. The van der Waals surface area contributed by atoms with Gasteiger partial charge in [-0.3, -0.25) is 14.8 Å². The zero-order valence-corrected chi connectivity index (χ0v) is 16.0. The highest BCUT2D eigenvalue weighted by molar-refractivity contribution is 7.92. The molecule has 0 aliphatic carbocycles. The number of thiophene rings is 1. The molecule has 2 aromatic carbocycles. The number of benzene rings is 2. The SMILES string of the molecule is CN(Cc1cccs1)c1ccc(S(=O)(=O)Nc2ccccc2)cc1[N+](=O)[O-]. The predicted octanol–water partition coefficient (Wildman–Crippen LogP) is 4.09. The fourth-order valence-electron chi connectivity index (χ4n) is 2.58. The van der Waals surface area contributed by atoms with Crippen molar-refractivity contribution in [3.05, 3.63) is 81.0 Å². The van der Waals surface area contributed by atoms with Gasteiger partial charge in [-0.15, -0.1) is 11.3 Å². The summed E-state index contributed by atoms with van der Waals surface area (Å²) < 4.78 is 27.6. The van der Waals surface area contributed by atoms with Gasteiger partial charge in [0.05, 0.1) is 16.4 Å². The van der Waals surface area contributed by atoms with Crippen LogP contribution >= 0.6 is 11.3 Å². The van der Waals surface area contributed by atoms with Gasteiger partial charge in [-0.2, -0.15) is 0 Å². The van der Waals surface area contributed by atoms with E-state index >= 15 is 0 Å². The molecule has 0 atom stereocenters. The summed E-state index contributed by atoms with van der Waals surface area (Å²) in [7, 11) is -2.20. The fraction of sp³-hybridized carbons (Fsp3) is 0.111. The van der Waals surface area contributed by atoms with E-state index in [9.17, 15) is 18.5 Å². The molecule has 0 unspecified atom stereocenters. The van der Waals surface area contributed by atoms with E-state index in [4.69, 9.17) is 0 Å². The van der Waals surface area contributed by atoms with Crippen molar-refractivity contribution in [2.75, 3.05) is 16.7 Å². The first kappa shape index (κ1) is 18.9. The molecule has 1 aromatic heterocycles. The van der Waals surface area contributed by atoms with Crippen LogP contribution in [0.25, 0.3) is 0 Å². The zero-order chi connectivity index (χ0) is 19.4. The van der Waals surface area contributed by atoms with Crippen LogP contribution in [0.3, 0.4) is 0 Å². The third-order valence-corrected chi connectivity index (χ3v) is 6.10. The molecule has 27 heavy (non-hydrogen) atoms. The number of hydrogen-bond acceptors (Lipinski definition) is 6. The van der Waals surface area contributed by atoms with Crippen molar-refractivity contribution in [2.45, 2.75) is 11.4 Å². The van der Waals surface area contributed by atoms with Crippen LogP contribution in [0.15, 0.2) is 70.9 Å². The number of nitrogens with one attached hydrogen (secondary N) is 1. The van der Waals surface area contributed by atoms with Gasteiger partial charge >= 0.3 is 0 Å². The summed E-state index contributed by atoms with van der Waals surface area (Å²) >= 11 is 1.55. The van der Waals surface area contributed by atoms with E-state index in [1.807, 2.05) is 17.5 Å². The Bertz CT molecular complexity index is 1040. The lowest BCUT2D eigenvalue weighted by Crippen LogP contribution is -2.18. The van der Waals surface area contributed by atoms with Gasteiger partial charge in [0.15, 0.2) is 0 Å². The number of hydrogen-bond donors (Lipinski definition) is 1. The molecule has 3 aromatic rings. The first-order valence-corrected chi connectivity index (χ1v) is 10.3. The molecule has 1 heterocycles. The van der Waals surface area contributed by atoms with Gasteiger partial charge in [0.1, 0.15) is 5.69 Å². The Morgan fingerprint density at radius 1 is 1.11 bits per heavy atom. The van der Waals surface area contributed by atoms with Crippen LogP contribution in [0, 0.1) is 10.1 Å². The summed E-state index contributed by atoms with van der Waals surface area (Å²) in [4.78, 5) is 13.6. The van der Waals surface area contributed by atoms with E-state index < -0.39 is 14.9 Å². The van der Waals surface area contributed by atoms with Gasteiger partial charge in [-0.05, 0) is 35.7 Å². The Kier molecular flexibility index (Phi) is 5.43. The number of anilines is 2. The smallest absolute Gasteiger partial charge is 0.293 e. The highest BCUT2D eigenvalue weighted by Gasteiger charge is 2.23. The van der Waals surface area contributed by atoms with Crippen LogP contribution in [-0.4, -0.2) is 20.4 Å². The monoisotopic (exact) mass is 403 g/mol. The van der Waals surface area contributed by atoms with Crippen molar-refractivity contribution in [3.8, 4) is 0 Å². The number of sulfonamides is 1. The first-order valence-electron chi connectivity index (χ1n) is 7.96. The average molecular weight is 403 g/mol. The number of nitrogens with zero attached hydrogens (tertiary/aromatic N) is 2. The average Bonchev–Trinajstić information content (AvgIpc) is 3.14. The number of nitro groups is 1. The molecule has 0 saturated carbocycles. The summed E-state index contributed by atoms with van der Waals surface area (Å²) in [5, 5.41) is 13.5. The van der Waals surface area contributed by atoms with Gasteiger partial charge in [-0.1, -0.05) is 24.3 Å². The predicted molar refractivity (Wildman–Crippen MR) is 107 cm³/mol. The Balaban J connectivity index is 1.92. The summed E-state index contributed by atoms with van der Waals surface area (Å²) in [5.74, 6) is 0. The second kappa shape index (κ2) is 7.77. The largest absolute Gasteiger partial charge is 0.364 e. The molecule has 0 radical (unpaired) electrons. The summed E-state index contributed by atoms with van der Waals surface area (Å²) in [5.41, 5.74) is 0.482. The van der Waals surface area contributed by atoms with Crippen molar-refractivity contribution in [3.63, 3.8) is 0 Å². The molecule has 0 bridgehead atoms. The quantitative estimate of drug-likeness (QED) is 0.474. The van der Waals surface area contributed by atoms with E-state index in [1.165, 1.54) is 12.1 Å². The lowest BCUT2D eigenvalue weighted by atomic mass is 10.2. The maximum Gasteiger partial charge on any atom is 0.293 e.